The molecule has 1 heterocycles. The van der Waals surface area contributed by atoms with Crippen molar-refractivity contribution in [3.05, 3.63) is 71.9 Å². The van der Waals surface area contributed by atoms with Crippen molar-refractivity contribution < 1.29 is 14.4 Å². The first-order valence-electron chi connectivity index (χ1n) is 11.9. The normalized spacial score (nSPS) is 12.8. The molecule has 186 valence electrons. The number of rotatable bonds is 11. The van der Waals surface area contributed by atoms with Crippen molar-refractivity contribution in [2.75, 3.05) is 21.1 Å². The van der Waals surface area contributed by atoms with Gasteiger partial charge in [-0.05, 0) is 30.0 Å². The predicted octanol–water partition coefficient (Wildman–Crippen LogP) is 2.66. The molecular formula is C27H35N5O3. The maximum Gasteiger partial charge on any atom is 0.257 e. The highest BCUT2D eigenvalue weighted by Crippen LogP contribution is 2.20. The van der Waals surface area contributed by atoms with Crippen LogP contribution >= 0.6 is 0 Å². The van der Waals surface area contributed by atoms with Crippen LogP contribution in [0.5, 0.6) is 0 Å². The lowest BCUT2D eigenvalue weighted by Gasteiger charge is -2.31. The number of hydrogen-bond donors (Lipinski definition) is 3. The van der Waals surface area contributed by atoms with Gasteiger partial charge in [0.1, 0.15) is 12.1 Å². The topological polar surface area (TPSA) is 97.5 Å². The van der Waals surface area contributed by atoms with Gasteiger partial charge in [-0.1, -0.05) is 55.5 Å². The minimum absolute atomic E-state index is 0.213. The quantitative estimate of drug-likeness (QED) is 0.370. The molecule has 0 bridgehead atoms. The van der Waals surface area contributed by atoms with Gasteiger partial charge in [0.2, 0.25) is 11.8 Å². The molecule has 0 aliphatic carbocycles. The molecule has 3 amide bonds. The number of fused-ring (bicyclic) bond motifs is 1. The van der Waals surface area contributed by atoms with Crippen molar-refractivity contribution >= 4 is 28.6 Å². The lowest BCUT2D eigenvalue weighted by Crippen LogP contribution is -2.56. The second-order valence-corrected chi connectivity index (χ2v) is 8.90. The minimum atomic E-state index is -0.793. The number of hydrogen-bond acceptors (Lipinski definition) is 4. The molecule has 0 saturated carbocycles. The van der Waals surface area contributed by atoms with Crippen LogP contribution in [0.25, 0.3) is 10.9 Å². The molecule has 1 unspecified atom stereocenters. The van der Waals surface area contributed by atoms with Crippen LogP contribution in [0, 0.1) is 0 Å². The van der Waals surface area contributed by atoms with Crippen molar-refractivity contribution in [2.24, 2.45) is 0 Å². The van der Waals surface area contributed by atoms with E-state index in [1.165, 1.54) is 4.90 Å². The van der Waals surface area contributed by atoms with E-state index in [-0.39, 0.29) is 24.1 Å². The Balaban J connectivity index is 1.84. The van der Waals surface area contributed by atoms with Gasteiger partial charge in [0.05, 0.1) is 0 Å². The van der Waals surface area contributed by atoms with Gasteiger partial charge in [0, 0.05) is 51.1 Å². The third-order valence-electron chi connectivity index (χ3n) is 6.05. The van der Waals surface area contributed by atoms with Gasteiger partial charge in [-0.3, -0.25) is 19.8 Å². The number of aromatic amines is 1. The highest BCUT2D eigenvalue weighted by Gasteiger charge is 2.32. The highest BCUT2D eigenvalue weighted by molar-refractivity contribution is 5.93. The van der Waals surface area contributed by atoms with Gasteiger partial charge in [0.25, 0.3) is 5.91 Å². The van der Waals surface area contributed by atoms with Crippen molar-refractivity contribution in [1.29, 1.82) is 0 Å². The average molecular weight is 478 g/mol. The first-order valence-corrected chi connectivity index (χ1v) is 11.9. The Morgan fingerprint density at radius 1 is 0.971 bits per heavy atom. The van der Waals surface area contributed by atoms with Crippen molar-refractivity contribution in [3.8, 4) is 0 Å². The molecule has 0 radical (unpaired) electrons. The summed E-state index contributed by atoms with van der Waals surface area (Å²) < 4.78 is 0. The standard InChI is InChI=1S/C27H35N5O3/c1-5-25(33)29-23(17-20-18-28-22-14-10-9-13-21(20)22)27(35)32(4)24(26(34)30-31(2)3)16-15-19-11-7-6-8-12-19/h6-14,18,23-24,28H,5,15-17H2,1-4H3,(H,29,33)(H,30,34)/t23-,24?/m1/s1. The fourth-order valence-electron chi connectivity index (χ4n) is 4.16. The zero-order valence-electron chi connectivity index (χ0n) is 20.9. The van der Waals surface area contributed by atoms with Crippen LogP contribution in [0.3, 0.4) is 0 Å². The molecule has 0 saturated heterocycles. The summed E-state index contributed by atoms with van der Waals surface area (Å²) in [6.45, 7) is 1.75. The molecule has 3 N–H and O–H groups in total. The number of aryl methyl sites for hydroxylation is 1. The molecule has 0 fully saturated rings. The molecule has 2 atom stereocenters. The van der Waals surface area contributed by atoms with Crippen molar-refractivity contribution in [3.63, 3.8) is 0 Å². The lowest BCUT2D eigenvalue weighted by molar-refractivity contribution is -0.143. The molecule has 1 aromatic heterocycles. The van der Waals surface area contributed by atoms with E-state index in [4.69, 9.17) is 0 Å². The maximum atomic E-state index is 13.7. The summed E-state index contributed by atoms with van der Waals surface area (Å²) in [5.41, 5.74) is 5.77. The Kier molecular flexibility index (Phi) is 9.03. The zero-order valence-corrected chi connectivity index (χ0v) is 20.9. The SMILES string of the molecule is CCC(=O)N[C@H](Cc1c[nH]c2ccccc12)C(=O)N(C)C(CCc1ccccc1)C(=O)NN(C)C. The summed E-state index contributed by atoms with van der Waals surface area (Å²) in [5.74, 6) is -0.784. The Labute approximate surface area is 206 Å². The number of nitrogens with one attached hydrogen (secondary N) is 3. The molecule has 3 aromatic rings. The first kappa shape index (κ1) is 26.0. The monoisotopic (exact) mass is 477 g/mol. The molecule has 0 aliphatic rings. The summed E-state index contributed by atoms with van der Waals surface area (Å²) in [5, 5.41) is 5.44. The summed E-state index contributed by atoms with van der Waals surface area (Å²) >= 11 is 0. The van der Waals surface area contributed by atoms with Crippen LogP contribution in [-0.4, -0.2) is 65.8 Å². The van der Waals surface area contributed by atoms with E-state index in [1.807, 2.05) is 60.8 Å². The maximum absolute atomic E-state index is 13.7. The Bertz CT molecular complexity index is 1140. The van der Waals surface area contributed by atoms with Crippen LogP contribution in [0.4, 0.5) is 0 Å². The van der Waals surface area contributed by atoms with E-state index >= 15 is 0 Å². The number of likely N-dealkylation sites (N-methyl/N-ethyl adjacent to an activating group) is 1. The average Bonchev–Trinajstić information content (AvgIpc) is 3.26. The summed E-state index contributed by atoms with van der Waals surface area (Å²) in [4.78, 5) is 43.8. The van der Waals surface area contributed by atoms with Crippen LogP contribution in [0.1, 0.15) is 30.9 Å². The minimum Gasteiger partial charge on any atom is -0.361 e. The largest absolute Gasteiger partial charge is 0.361 e. The zero-order chi connectivity index (χ0) is 25.4. The van der Waals surface area contributed by atoms with Crippen molar-refractivity contribution in [1.82, 2.24) is 25.6 Å². The van der Waals surface area contributed by atoms with E-state index in [1.54, 1.807) is 33.1 Å². The van der Waals surface area contributed by atoms with Gasteiger partial charge in [-0.25, -0.2) is 5.01 Å². The van der Waals surface area contributed by atoms with E-state index in [9.17, 15) is 14.4 Å². The van der Waals surface area contributed by atoms with Gasteiger partial charge < -0.3 is 15.2 Å². The van der Waals surface area contributed by atoms with Crippen LogP contribution in [-0.2, 0) is 27.2 Å². The third-order valence-corrected chi connectivity index (χ3v) is 6.05. The molecular weight excluding hydrogens is 442 g/mol. The second kappa shape index (κ2) is 12.2. The molecule has 2 aromatic carbocycles. The number of aromatic nitrogens is 1. The van der Waals surface area contributed by atoms with Crippen molar-refractivity contribution in [2.45, 2.75) is 44.7 Å². The number of hydrazine groups is 1. The van der Waals surface area contributed by atoms with Crippen LogP contribution in [0.2, 0.25) is 0 Å². The highest BCUT2D eigenvalue weighted by atomic mass is 16.2. The van der Waals surface area contributed by atoms with E-state index in [0.717, 1.165) is 22.0 Å². The number of carbonyl (C=O) groups excluding carboxylic acids is 3. The molecule has 8 nitrogen and oxygen atoms in total. The molecule has 3 rings (SSSR count). The van der Waals surface area contributed by atoms with Gasteiger partial charge in [-0.2, -0.15) is 0 Å². The summed E-state index contributed by atoms with van der Waals surface area (Å²) in [7, 11) is 5.10. The predicted molar refractivity (Wildman–Crippen MR) is 137 cm³/mol. The number of carbonyl (C=O) groups is 3. The molecule has 0 aliphatic heterocycles. The number of nitrogens with zero attached hydrogens (tertiary/aromatic N) is 2. The number of H-pyrrole nitrogens is 1. The van der Waals surface area contributed by atoms with Crippen LogP contribution < -0.4 is 10.7 Å². The number of para-hydroxylation sites is 1. The van der Waals surface area contributed by atoms with Crippen LogP contribution in [0.15, 0.2) is 60.8 Å². The van der Waals surface area contributed by atoms with E-state index in [0.29, 0.717) is 19.3 Å². The van der Waals surface area contributed by atoms with Gasteiger partial charge in [-0.15, -0.1) is 0 Å². The smallest absolute Gasteiger partial charge is 0.257 e. The molecule has 0 spiro atoms. The second-order valence-electron chi connectivity index (χ2n) is 8.90. The number of benzene rings is 2. The first-order chi connectivity index (χ1) is 16.8. The molecule has 35 heavy (non-hydrogen) atoms. The Morgan fingerprint density at radius 3 is 2.34 bits per heavy atom. The van der Waals surface area contributed by atoms with E-state index in [2.05, 4.69) is 15.7 Å². The summed E-state index contributed by atoms with van der Waals surface area (Å²) in [6, 6.07) is 16.2. The fourth-order valence-corrected chi connectivity index (χ4v) is 4.16. The van der Waals surface area contributed by atoms with Gasteiger partial charge >= 0.3 is 0 Å². The fraction of sp³-hybridized carbons (Fsp3) is 0.370. The lowest BCUT2D eigenvalue weighted by atomic mass is 10.0. The third kappa shape index (κ3) is 6.93. The number of amides is 3. The Hall–Kier alpha value is -3.65. The van der Waals surface area contributed by atoms with E-state index < -0.39 is 12.1 Å². The van der Waals surface area contributed by atoms with Gasteiger partial charge in [0.15, 0.2) is 0 Å². The summed E-state index contributed by atoms with van der Waals surface area (Å²) in [6.07, 6.45) is 3.54. The molecule has 8 heteroatoms. The Morgan fingerprint density at radius 2 is 1.66 bits per heavy atom.